The molecule has 1 saturated heterocycles. The number of rotatable bonds is 3. The van der Waals surface area contributed by atoms with Crippen LogP contribution in [0.4, 0.5) is 0 Å². The number of hydrogen-bond donors (Lipinski definition) is 1. The second kappa shape index (κ2) is 6.06. The van der Waals surface area contributed by atoms with Crippen molar-refractivity contribution in [2.45, 2.75) is 19.8 Å². The summed E-state index contributed by atoms with van der Waals surface area (Å²) in [6, 6.07) is 5.63. The van der Waals surface area contributed by atoms with E-state index >= 15 is 0 Å². The van der Waals surface area contributed by atoms with Gasteiger partial charge in [-0.05, 0) is 49.9 Å². The topological polar surface area (TPSA) is 55.6 Å². The molecule has 0 aliphatic carbocycles. The summed E-state index contributed by atoms with van der Waals surface area (Å²) in [6.45, 7) is 4.30. The number of ether oxygens (including phenoxy) is 1. The van der Waals surface area contributed by atoms with Crippen LogP contribution in [-0.4, -0.2) is 37.6 Å². The van der Waals surface area contributed by atoms with Crippen LogP contribution < -0.4 is 10.5 Å². The first-order chi connectivity index (χ1) is 9.15. The number of methoxy groups -OCH3 is 1. The van der Waals surface area contributed by atoms with E-state index in [2.05, 4.69) is 0 Å². The van der Waals surface area contributed by atoms with Crippen LogP contribution in [0.1, 0.15) is 28.8 Å². The van der Waals surface area contributed by atoms with Gasteiger partial charge in [-0.25, -0.2) is 0 Å². The van der Waals surface area contributed by atoms with Gasteiger partial charge in [-0.3, -0.25) is 4.79 Å². The van der Waals surface area contributed by atoms with Crippen LogP contribution in [-0.2, 0) is 0 Å². The third kappa shape index (κ3) is 3.07. The zero-order valence-corrected chi connectivity index (χ0v) is 11.7. The molecule has 1 aliphatic heterocycles. The molecule has 0 saturated carbocycles. The Hall–Kier alpha value is -1.55. The number of hydrogen-bond acceptors (Lipinski definition) is 3. The molecule has 4 heteroatoms. The second-order valence-electron chi connectivity index (χ2n) is 5.16. The fraction of sp³-hybridized carbons (Fsp3) is 0.533. The van der Waals surface area contributed by atoms with Crippen molar-refractivity contribution in [3.05, 3.63) is 29.3 Å². The molecule has 0 spiro atoms. The van der Waals surface area contributed by atoms with Gasteiger partial charge in [0, 0.05) is 18.7 Å². The first-order valence-electron chi connectivity index (χ1n) is 6.79. The average molecular weight is 262 g/mol. The van der Waals surface area contributed by atoms with Gasteiger partial charge >= 0.3 is 0 Å². The van der Waals surface area contributed by atoms with Crippen LogP contribution in [0.5, 0.6) is 5.75 Å². The van der Waals surface area contributed by atoms with E-state index in [1.807, 2.05) is 30.0 Å². The van der Waals surface area contributed by atoms with Gasteiger partial charge in [0.25, 0.3) is 5.91 Å². The monoisotopic (exact) mass is 262 g/mol. The molecule has 19 heavy (non-hydrogen) atoms. The minimum absolute atomic E-state index is 0.0915. The minimum atomic E-state index is 0.0915. The molecule has 0 unspecified atom stereocenters. The third-order valence-electron chi connectivity index (χ3n) is 3.89. The quantitative estimate of drug-likeness (QED) is 0.904. The summed E-state index contributed by atoms with van der Waals surface area (Å²) in [5.74, 6) is 1.42. The van der Waals surface area contributed by atoms with E-state index in [1.54, 1.807) is 7.11 Å². The van der Waals surface area contributed by atoms with Crippen molar-refractivity contribution in [2.75, 3.05) is 26.7 Å². The van der Waals surface area contributed by atoms with Crippen molar-refractivity contribution in [3.63, 3.8) is 0 Å². The molecule has 2 rings (SSSR count). The van der Waals surface area contributed by atoms with Crippen molar-refractivity contribution in [1.29, 1.82) is 0 Å². The molecular weight excluding hydrogens is 240 g/mol. The fourth-order valence-corrected chi connectivity index (χ4v) is 2.51. The molecule has 0 bridgehead atoms. The van der Waals surface area contributed by atoms with E-state index in [-0.39, 0.29) is 5.91 Å². The lowest BCUT2D eigenvalue weighted by atomic mass is 9.96. The molecule has 1 amide bonds. The molecule has 1 aromatic rings. The molecule has 1 aliphatic rings. The Morgan fingerprint density at radius 2 is 2.11 bits per heavy atom. The first kappa shape index (κ1) is 13.9. The zero-order chi connectivity index (χ0) is 13.8. The molecule has 4 nitrogen and oxygen atoms in total. The average Bonchev–Trinajstić information content (AvgIpc) is 2.47. The highest BCUT2D eigenvalue weighted by Crippen LogP contribution is 2.22. The molecule has 2 N–H and O–H groups in total. The Bertz CT molecular complexity index is 451. The Labute approximate surface area is 114 Å². The van der Waals surface area contributed by atoms with Gasteiger partial charge in [0.15, 0.2) is 0 Å². The second-order valence-corrected chi connectivity index (χ2v) is 5.16. The highest BCUT2D eigenvalue weighted by atomic mass is 16.5. The summed E-state index contributed by atoms with van der Waals surface area (Å²) < 4.78 is 5.27. The summed E-state index contributed by atoms with van der Waals surface area (Å²) in [7, 11) is 1.63. The molecule has 0 atom stereocenters. The SMILES string of the molecule is COc1cc(C(=O)N2CCC(CN)CC2)ccc1C. The largest absolute Gasteiger partial charge is 0.496 e. The number of benzene rings is 1. The normalized spacial score (nSPS) is 16.5. The number of piperidine rings is 1. The summed E-state index contributed by atoms with van der Waals surface area (Å²) in [4.78, 5) is 14.3. The summed E-state index contributed by atoms with van der Waals surface area (Å²) in [5.41, 5.74) is 7.42. The van der Waals surface area contributed by atoms with Gasteiger partial charge in [-0.15, -0.1) is 0 Å². The van der Waals surface area contributed by atoms with E-state index in [0.29, 0.717) is 11.5 Å². The van der Waals surface area contributed by atoms with E-state index in [0.717, 1.165) is 43.8 Å². The van der Waals surface area contributed by atoms with Gasteiger partial charge in [-0.1, -0.05) is 6.07 Å². The Kier molecular flexibility index (Phi) is 4.43. The number of amides is 1. The molecule has 0 aromatic heterocycles. The maximum Gasteiger partial charge on any atom is 0.253 e. The lowest BCUT2D eigenvalue weighted by Gasteiger charge is -2.31. The van der Waals surface area contributed by atoms with Crippen LogP contribution in [0, 0.1) is 12.8 Å². The van der Waals surface area contributed by atoms with E-state index in [4.69, 9.17) is 10.5 Å². The number of nitrogens with two attached hydrogens (primary N) is 1. The van der Waals surface area contributed by atoms with Crippen molar-refractivity contribution in [3.8, 4) is 5.75 Å². The smallest absolute Gasteiger partial charge is 0.253 e. The summed E-state index contributed by atoms with van der Waals surface area (Å²) in [6.07, 6.45) is 2.01. The zero-order valence-electron chi connectivity index (χ0n) is 11.7. The molecule has 104 valence electrons. The van der Waals surface area contributed by atoms with Crippen LogP contribution in [0.15, 0.2) is 18.2 Å². The van der Waals surface area contributed by atoms with E-state index < -0.39 is 0 Å². The van der Waals surface area contributed by atoms with Gasteiger partial charge in [0.05, 0.1) is 7.11 Å². The van der Waals surface area contributed by atoms with Crippen molar-refractivity contribution in [1.82, 2.24) is 4.90 Å². The number of likely N-dealkylation sites (tertiary alicyclic amines) is 1. The molecule has 1 aromatic carbocycles. The van der Waals surface area contributed by atoms with E-state index in [1.165, 1.54) is 0 Å². The van der Waals surface area contributed by atoms with Crippen molar-refractivity contribution >= 4 is 5.91 Å². The number of aryl methyl sites for hydroxylation is 1. The van der Waals surface area contributed by atoms with Gasteiger partial charge in [0.2, 0.25) is 0 Å². The van der Waals surface area contributed by atoms with E-state index in [9.17, 15) is 4.79 Å². The van der Waals surface area contributed by atoms with Gasteiger partial charge in [-0.2, -0.15) is 0 Å². The lowest BCUT2D eigenvalue weighted by Crippen LogP contribution is -2.40. The number of carbonyl (C=O) groups excluding carboxylic acids is 1. The third-order valence-corrected chi connectivity index (χ3v) is 3.89. The minimum Gasteiger partial charge on any atom is -0.496 e. The van der Waals surface area contributed by atoms with Crippen LogP contribution in [0.25, 0.3) is 0 Å². The molecule has 1 heterocycles. The predicted octanol–water partition coefficient (Wildman–Crippen LogP) is 1.81. The first-order valence-corrected chi connectivity index (χ1v) is 6.79. The molecular formula is C15H22N2O2. The standard InChI is InChI=1S/C15H22N2O2/c1-11-3-4-13(9-14(11)19-2)15(18)17-7-5-12(10-16)6-8-17/h3-4,9,12H,5-8,10,16H2,1-2H3. The van der Waals surface area contributed by atoms with Crippen LogP contribution in [0.3, 0.4) is 0 Å². The molecule has 1 fully saturated rings. The maximum absolute atomic E-state index is 12.4. The Balaban J connectivity index is 2.08. The fourth-order valence-electron chi connectivity index (χ4n) is 2.51. The highest BCUT2D eigenvalue weighted by molar-refractivity contribution is 5.94. The summed E-state index contributed by atoms with van der Waals surface area (Å²) >= 11 is 0. The maximum atomic E-state index is 12.4. The van der Waals surface area contributed by atoms with Gasteiger partial charge < -0.3 is 15.4 Å². The van der Waals surface area contributed by atoms with Gasteiger partial charge in [0.1, 0.15) is 5.75 Å². The van der Waals surface area contributed by atoms with Crippen LogP contribution >= 0.6 is 0 Å². The number of nitrogens with zero attached hydrogens (tertiary/aromatic N) is 1. The highest BCUT2D eigenvalue weighted by Gasteiger charge is 2.23. The van der Waals surface area contributed by atoms with Crippen LogP contribution in [0.2, 0.25) is 0 Å². The Morgan fingerprint density at radius 3 is 2.68 bits per heavy atom. The lowest BCUT2D eigenvalue weighted by molar-refractivity contribution is 0.0693. The molecule has 0 radical (unpaired) electrons. The number of carbonyl (C=O) groups is 1. The summed E-state index contributed by atoms with van der Waals surface area (Å²) in [5, 5.41) is 0. The predicted molar refractivity (Wildman–Crippen MR) is 75.4 cm³/mol. The van der Waals surface area contributed by atoms with Crippen molar-refractivity contribution < 1.29 is 9.53 Å². The van der Waals surface area contributed by atoms with Crippen molar-refractivity contribution in [2.24, 2.45) is 11.7 Å². The Morgan fingerprint density at radius 1 is 1.42 bits per heavy atom.